The number of nitrogens with one attached hydrogen (secondary N) is 2. The molecule has 0 fully saturated rings. The third-order valence-corrected chi connectivity index (χ3v) is 2.33. The summed E-state index contributed by atoms with van der Waals surface area (Å²) in [4.78, 5) is 33.8. The summed E-state index contributed by atoms with van der Waals surface area (Å²) in [6, 6.07) is 0.668. The number of esters is 1. The summed E-state index contributed by atoms with van der Waals surface area (Å²) in [6.07, 6.45) is 1.54. The number of carbonyl (C=O) groups is 3. The van der Waals surface area contributed by atoms with Crippen LogP contribution in [0.25, 0.3) is 0 Å². The Kier molecular flexibility index (Phi) is 5.04. The lowest BCUT2D eigenvalue weighted by molar-refractivity contribution is -0.145. The highest BCUT2D eigenvalue weighted by Crippen LogP contribution is 1.99. The average molecular weight is 268 g/mol. The number of hydrogen-bond donors (Lipinski definition) is 2. The molecule has 1 atom stereocenters. The summed E-state index contributed by atoms with van der Waals surface area (Å²) in [6.45, 7) is 1.39. The van der Waals surface area contributed by atoms with E-state index in [0.29, 0.717) is 0 Å². The molecule has 8 nitrogen and oxygen atoms in total. The van der Waals surface area contributed by atoms with E-state index in [9.17, 15) is 14.4 Å². The first-order valence-electron chi connectivity index (χ1n) is 5.58. The van der Waals surface area contributed by atoms with Crippen LogP contribution in [0.5, 0.6) is 0 Å². The lowest BCUT2D eigenvalue weighted by atomic mass is 10.3. The molecule has 0 bridgehead atoms. The predicted octanol–water partition coefficient (Wildman–Crippen LogP) is -1.08. The number of carbonyl (C=O) groups excluding carboxylic acids is 3. The van der Waals surface area contributed by atoms with Crippen molar-refractivity contribution in [3.63, 3.8) is 0 Å². The minimum Gasteiger partial charge on any atom is -0.467 e. The van der Waals surface area contributed by atoms with Gasteiger partial charge in [-0.1, -0.05) is 0 Å². The Morgan fingerprint density at radius 3 is 2.68 bits per heavy atom. The van der Waals surface area contributed by atoms with Gasteiger partial charge in [0.25, 0.3) is 5.91 Å². The van der Waals surface area contributed by atoms with Gasteiger partial charge in [0.15, 0.2) is 0 Å². The number of amides is 2. The van der Waals surface area contributed by atoms with Crippen molar-refractivity contribution < 1.29 is 19.1 Å². The van der Waals surface area contributed by atoms with E-state index in [1.54, 1.807) is 6.20 Å². The summed E-state index contributed by atoms with van der Waals surface area (Å²) in [5.41, 5.74) is 0.231. The van der Waals surface area contributed by atoms with Gasteiger partial charge in [-0.05, 0) is 6.07 Å². The summed E-state index contributed by atoms with van der Waals surface area (Å²) < 4.78 is 5.98. The van der Waals surface area contributed by atoms with Crippen molar-refractivity contribution >= 4 is 17.8 Å². The standard InChI is InChI=1S/C11H16N4O4/c1-7(16)13-9(11(18)19-3)6-15-5-4-8(14-15)10(17)12-2/h4-5,9H,6H2,1-3H3,(H,12,17)(H,13,16). The molecule has 0 aliphatic heterocycles. The molecule has 2 amide bonds. The van der Waals surface area contributed by atoms with Crippen LogP contribution in [0.3, 0.4) is 0 Å². The number of rotatable bonds is 5. The minimum atomic E-state index is -0.847. The Labute approximate surface area is 110 Å². The topological polar surface area (TPSA) is 102 Å². The number of hydrogen-bond acceptors (Lipinski definition) is 5. The van der Waals surface area contributed by atoms with Crippen LogP contribution >= 0.6 is 0 Å². The van der Waals surface area contributed by atoms with Gasteiger partial charge in [0.1, 0.15) is 11.7 Å². The number of nitrogens with zero attached hydrogens (tertiary/aromatic N) is 2. The van der Waals surface area contributed by atoms with Crippen LogP contribution in [0.15, 0.2) is 12.3 Å². The van der Waals surface area contributed by atoms with Crippen LogP contribution < -0.4 is 10.6 Å². The van der Waals surface area contributed by atoms with Gasteiger partial charge < -0.3 is 15.4 Å². The highest BCUT2D eigenvalue weighted by Gasteiger charge is 2.21. The second kappa shape index (κ2) is 6.53. The highest BCUT2D eigenvalue weighted by atomic mass is 16.5. The minimum absolute atomic E-state index is 0.0866. The molecule has 8 heteroatoms. The molecular formula is C11H16N4O4. The van der Waals surface area contributed by atoms with E-state index < -0.39 is 12.0 Å². The van der Waals surface area contributed by atoms with Crippen molar-refractivity contribution in [2.24, 2.45) is 0 Å². The summed E-state index contributed by atoms with van der Waals surface area (Å²) in [5.74, 6) is -1.26. The average Bonchev–Trinajstić information content (AvgIpc) is 2.84. The molecule has 1 aromatic heterocycles. The molecule has 0 saturated carbocycles. The van der Waals surface area contributed by atoms with Crippen LogP contribution in [0.2, 0.25) is 0 Å². The molecule has 0 spiro atoms. The van der Waals surface area contributed by atoms with Gasteiger partial charge in [-0.15, -0.1) is 0 Å². The summed E-state index contributed by atoms with van der Waals surface area (Å²) in [7, 11) is 2.73. The van der Waals surface area contributed by atoms with E-state index in [1.807, 2.05) is 0 Å². The van der Waals surface area contributed by atoms with Crippen LogP contribution in [-0.4, -0.2) is 47.8 Å². The quantitative estimate of drug-likeness (QED) is 0.661. The second-order valence-corrected chi connectivity index (χ2v) is 3.78. The first-order chi connectivity index (χ1) is 8.97. The summed E-state index contributed by atoms with van der Waals surface area (Å²) in [5, 5.41) is 8.88. The lowest BCUT2D eigenvalue weighted by Gasteiger charge is -2.15. The van der Waals surface area contributed by atoms with Crippen molar-refractivity contribution in [1.82, 2.24) is 20.4 Å². The molecule has 1 unspecified atom stereocenters. The number of ether oxygens (including phenoxy) is 1. The third kappa shape index (κ3) is 4.09. The van der Waals surface area contributed by atoms with E-state index in [2.05, 4.69) is 20.5 Å². The molecule has 1 rings (SSSR count). The fourth-order valence-corrected chi connectivity index (χ4v) is 1.47. The van der Waals surface area contributed by atoms with Crippen molar-refractivity contribution in [1.29, 1.82) is 0 Å². The molecule has 2 N–H and O–H groups in total. The van der Waals surface area contributed by atoms with Crippen molar-refractivity contribution in [2.75, 3.05) is 14.2 Å². The Bertz CT molecular complexity index is 483. The fraction of sp³-hybridized carbons (Fsp3) is 0.455. The lowest BCUT2D eigenvalue weighted by Crippen LogP contribution is -2.43. The maximum Gasteiger partial charge on any atom is 0.330 e. The van der Waals surface area contributed by atoms with Crippen LogP contribution in [0.1, 0.15) is 17.4 Å². The maximum absolute atomic E-state index is 11.5. The van der Waals surface area contributed by atoms with Gasteiger partial charge in [-0.2, -0.15) is 5.10 Å². The number of aromatic nitrogens is 2. The van der Waals surface area contributed by atoms with Gasteiger partial charge in [0, 0.05) is 20.2 Å². The van der Waals surface area contributed by atoms with E-state index in [-0.39, 0.29) is 24.1 Å². The Hall–Kier alpha value is -2.38. The first-order valence-corrected chi connectivity index (χ1v) is 5.58. The Morgan fingerprint density at radius 2 is 2.16 bits per heavy atom. The van der Waals surface area contributed by atoms with Gasteiger partial charge in [0.2, 0.25) is 5.91 Å². The SMILES string of the molecule is CNC(=O)c1ccn(CC(NC(C)=O)C(=O)OC)n1. The molecule has 0 aromatic carbocycles. The first kappa shape index (κ1) is 14.7. The smallest absolute Gasteiger partial charge is 0.330 e. The second-order valence-electron chi connectivity index (χ2n) is 3.78. The highest BCUT2D eigenvalue weighted by molar-refractivity contribution is 5.91. The monoisotopic (exact) mass is 268 g/mol. The number of methoxy groups -OCH3 is 1. The van der Waals surface area contributed by atoms with E-state index in [4.69, 9.17) is 0 Å². The summed E-state index contributed by atoms with van der Waals surface area (Å²) >= 11 is 0. The zero-order chi connectivity index (χ0) is 14.4. The van der Waals surface area contributed by atoms with E-state index in [1.165, 1.54) is 31.8 Å². The molecule has 1 aromatic rings. The predicted molar refractivity (Wildman–Crippen MR) is 65.2 cm³/mol. The molecule has 0 aliphatic rings. The van der Waals surface area contributed by atoms with Crippen LogP contribution in [0.4, 0.5) is 0 Å². The molecule has 1 heterocycles. The molecule has 0 radical (unpaired) electrons. The van der Waals surface area contributed by atoms with Crippen LogP contribution in [0, 0.1) is 0 Å². The van der Waals surface area contributed by atoms with Gasteiger partial charge in [-0.3, -0.25) is 14.3 Å². The maximum atomic E-state index is 11.5. The van der Waals surface area contributed by atoms with Gasteiger partial charge in [-0.25, -0.2) is 4.79 Å². The van der Waals surface area contributed by atoms with Crippen molar-refractivity contribution in [2.45, 2.75) is 19.5 Å². The van der Waals surface area contributed by atoms with Crippen LogP contribution in [-0.2, 0) is 20.9 Å². The third-order valence-electron chi connectivity index (χ3n) is 2.33. The fourth-order valence-electron chi connectivity index (χ4n) is 1.47. The zero-order valence-electron chi connectivity index (χ0n) is 11.0. The Balaban J connectivity index is 2.78. The largest absolute Gasteiger partial charge is 0.467 e. The molecular weight excluding hydrogens is 252 g/mol. The Morgan fingerprint density at radius 1 is 1.47 bits per heavy atom. The van der Waals surface area contributed by atoms with Crippen molar-refractivity contribution in [3.05, 3.63) is 18.0 Å². The normalized spacial score (nSPS) is 11.5. The van der Waals surface area contributed by atoms with Crippen molar-refractivity contribution in [3.8, 4) is 0 Å². The molecule has 0 aliphatic carbocycles. The van der Waals surface area contributed by atoms with Gasteiger partial charge in [0.05, 0.1) is 13.7 Å². The molecule has 19 heavy (non-hydrogen) atoms. The van der Waals surface area contributed by atoms with E-state index in [0.717, 1.165) is 0 Å². The zero-order valence-corrected chi connectivity index (χ0v) is 11.0. The molecule has 104 valence electrons. The molecule has 0 saturated heterocycles. The van der Waals surface area contributed by atoms with E-state index >= 15 is 0 Å². The van der Waals surface area contributed by atoms with Gasteiger partial charge >= 0.3 is 5.97 Å².